The number of nitrogens with zero attached hydrogens (tertiary/aromatic N) is 3. The van der Waals surface area contributed by atoms with E-state index >= 15 is 0 Å². The summed E-state index contributed by atoms with van der Waals surface area (Å²) in [6.07, 6.45) is 3.19. The highest BCUT2D eigenvalue weighted by molar-refractivity contribution is 5.72. The van der Waals surface area contributed by atoms with E-state index in [1.807, 2.05) is 13.0 Å². The van der Waals surface area contributed by atoms with Gasteiger partial charge in [-0.05, 0) is 13.0 Å². The maximum Gasteiger partial charge on any atom is 0.212 e. The second-order valence-corrected chi connectivity index (χ2v) is 3.72. The van der Waals surface area contributed by atoms with E-state index in [9.17, 15) is 0 Å². The third-order valence-electron chi connectivity index (χ3n) is 2.57. The molecule has 0 atom stereocenters. The summed E-state index contributed by atoms with van der Waals surface area (Å²) in [5.41, 5.74) is 1.54. The zero-order valence-electron chi connectivity index (χ0n) is 11.2. The van der Waals surface area contributed by atoms with Crippen LogP contribution in [-0.2, 0) is 0 Å². The van der Waals surface area contributed by atoms with Crippen molar-refractivity contribution in [2.75, 3.05) is 26.1 Å². The standard InChI is InChI=1S/C13H16N4O2/c1-4-14-13-12(19-3)11(16-8-17-13)9-5-6-10(18-2)15-7-9/h5-8H,4H2,1-3H3,(H,14,16,17). The summed E-state index contributed by atoms with van der Waals surface area (Å²) in [4.78, 5) is 12.6. The lowest BCUT2D eigenvalue weighted by Gasteiger charge is -2.12. The highest BCUT2D eigenvalue weighted by atomic mass is 16.5. The van der Waals surface area contributed by atoms with E-state index in [0.29, 0.717) is 23.1 Å². The maximum absolute atomic E-state index is 5.39. The predicted octanol–water partition coefficient (Wildman–Crippen LogP) is 1.99. The third-order valence-corrected chi connectivity index (χ3v) is 2.57. The van der Waals surface area contributed by atoms with E-state index in [4.69, 9.17) is 9.47 Å². The van der Waals surface area contributed by atoms with Gasteiger partial charge in [-0.2, -0.15) is 0 Å². The van der Waals surface area contributed by atoms with Gasteiger partial charge in [0, 0.05) is 24.4 Å². The predicted molar refractivity (Wildman–Crippen MR) is 72.5 cm³/mol. The van der Waals surface area contributed by atoms with Crippen molar-refractivity contribution in [1.29, 1.82) is 0 Å². The number of pyridine rings is 1. The Morgan fingerprint density at radius 1 is 1.11 bits per heavy atom. The Kier molecular flexibility index (Phi) is 4.12. The van der Waals surface area contributed by atoms with Crippen molar-refractivity contribution in [2.24, 2.45) is 0 Å². The van der Waals surface area contributed by atoms with Crippen LogP contribution in [-0.4, -0.2) is 35.7 Å². The quantitative estimate of drug-likeness (QED) is 0.886. The molecule has 0 bridgehead atoms. The van der Waals surface area contributed by atoms with Gasteiger partial charge >= 0.3 is 0 Å². The molecule has 0 unspecified atom stereocenters. The number of ether oxygens (including phenoxy) is 2. The first-order chi connectivity index (χ1) is 9.30. The van der Waals surface area contributed by atoms with Crippen molar-refractivity contribution in [3.63, 3.8) is 0 Å². The van der Waals surface area contributed by atoms with Crippen LogP contribution in [0.2, 0.25) is 0 Å². The van der Waals surface area contributed by atoms with E-state index in [2.05, 4.69) is 20.3 Å². The first kappa shape index (κ1) is 13.1. The second kappa shape index (κ2) is 5.99. The number of hydrogen-bond acceptors (Lipinski definition) is 6. The van der Waals surface area contributed by atoms with Gasteiger partial charge in [0.1, 0.15) is 12.0 Å². The lowest BCUT2D eigenvalue weighted by molar-refractivity contribution is 0.398. The van der Waals surface area contributed by atoms with Gasteiger partial charge in [0.05, 0.1) is 14.2 Å². The molecule has 6 nitrogen and oxygen atoms in total. The molecule has 2 aromatic heterocycles. The SMILES string of the molecule is CCNc1ncnc(-c2ccc(OC)nc2)c1OC. The number of methoxy groups -OCH3 is 2. The second-order valence-electron chi connectivity index (χ2n) is 3.72. The number of aromatic nitrogens is 3. The Labute approximate surface area is 111 Å². The molecule has 6 heteroatoms. The molecule has 19 heavy (non-hydrogen) atoms. The van der Waals surface area contributed by atoms with Gasteiger partial charge in [-0.25, -0.2) is 15.0 Å². The van der Waals surface area contributed by atoms with E-state index < -0.39 is 0 Å². The molecule has 0 saturated heterocycles. The molecular formula is C13H16N4O2. The largest absolute Gasteiger partial charge is 0.491 e. The minimum atomic E-state index is 0.559. The van der Waals surface area contributed by atoms with Crippen LogP contribution < -0.4 is 14.8 Å². The van der Waals surface area contributed by atoms with Gasteiger partial charge in [-0.1, -0.05) is 0 Å². The normalized spacial score (nSPS) is 10.1. The van der Waals surface area contributed by atoms with Gasteiger partial charge in [-0.3, -0.25) is 0 Å². The van der Waals surface area contributed by atoms with Crippen LogP contribution in [0, 0.1) is 0 Å². The highest BCUT2D eigenvalue weighted by Gasteiger charge is 2.13. The molecule has 2 rings (SSSR count). The summed E-state index contributed by atoms with van der Waals surface area (Å²) in [7, 11) is 3.18. The number of hydrogen-bond donors (Lipinski definition) is 1. The first-order valence-electron chi connectivity index (χ1n) is 5.93. The Hall–Kier alpha value is -2.37. The molecule has 2 heterocycles. The summed E-state index contributed by atoms with van der Waals surface area (Å²) in [5.74, 6) is 1.84. The average Bonchev–Trinajstić information content (AvgIpc) is 2.47. The fourth-order valence-electron chi connectivity index (χ4n) is 1.71. The molecule has 0 saturated carbocycles. The van der Waals surface area contributed by atoms with E-state index in [1.54, 1.807) is 26.5 Å². The number of anilines is 1. The third kappa shape index (κ3) is 2.73. The number of rotatable bonds is 5. The van der Waals surface area contributed by atoms with E-state index in [-0.39, 0.29) is 0 Å². The van der Waals surface area contributed by atoms with Crippen LogP contribution in [0.3, 0.4) is 0 Å². The van der Waals surface area contributed by atoms with Crippen LogP contribution in [0.5, 0.6) is 11.6 Å². The maximum atomic E-state index is 5.39. The van der Waals surface area contributed by atoms with Crippen LogP contribution in [0.15, 0.2) is 24.7 Å². The number of nitrogens with one attached hydrogen (secondary N) is 1. The fraction of sp³-hybridized carbons (Fsp3) is 0.308. The van der Waals surface area contributed by atoms with Crippen molar-refractivity contribution >= 4 is 5.82 Å². The lowest BCUT2D eigenvalue weighted by atomic mass is 10.2. The van der Waals surface area contributed by atoms with Crippen LogP contribution >= 0.6 is 0 Å². The molecule has 100 valence electrons. The lowest BCUT2D eigenvalue weighted by Crippen LogP contribution is -2.04. The van der Waals surface area contributed by atoms with Crippen LogP contribution in [0.4, 0.5) is 5.82 Å². The van der Waals surface area contributed by atoms with Gasteiger partial charge in [0.2, 0.25) is 5.88 Å². The van der Waals surface area contributed by atoms with Gasteiger partial charge in [0.25, 0.3) is 0 Å². The monoisotopic (exact) mass is 260 g/mol. The van der Waals surface area contributed by atoms with Crippen molar-refractivity contribution in [1.82, 2.24) is 15.0 Å². The van der Waals surface area contributed by atoms with Crippen molar-refractivity contribution in [3.05, 3.63) is 24.7 Å². The van der Waals surface area contributed by atoms with Crippen molar-refractivity contribution in [2.45, 2.75) is 6.92 Å². The Morgan fingerprint density at radius 2 is 1.95 bits per heavy atom. The molecule has 0 amide bonds. The zero-order chi connectivity index (χ0) is 13.7. The van der Waals surface area contributed by atoms with Crippen LogP contribution in [0.25, 0.3) is 11.3 Å². The molecule has 1 N–H and O–H groups in total. The van der Waals surface area contributed by atoms with E-state index in [1.165, 1.54) is 6.33 Å². The zero-order valence-corrected chi connectivity index (χ0v) is 11.2. The Balaban J connectivity index is 2.45. The van der Waals surface area contributed by atoms with Crippen LogP contribution in [0.1, 0.15) is 6.92 Å². The fourth-order valence-corrected chi connectivity index (χ4v) is 1.71. The summed E-state index contributed by atoms with van der Waals surface area (Å²) in [6.45, 7) is 2.75. The minimum absolute atomic E-state index is 0.559. The summed E-state index contributed by atoms with van der Waals surface area (Å²) in [5, 5.41) is 3.14. The highest BCUT2D eigenvalue weighted by Crippen LogP contribution is 2.32. The molecule has 0 aromatic carbocycles. The summed E-state index contributed by atoms with van der Waals surface area (Å²) in [6, 6.07) is 3.66. The summed E-state index contributed by atoms with van der Waals surface area (Å²) < 4.78 is 10.4. The van der Waals surface area contributed by atoms with Crippen molar-refractivity contribution in [3.8, 4) is 22.9 Å². The topological polar surface area (TPSA) is 69.2 Å². The van der Waals surface area contributed by atoms with E-state index in [0.717, 1.165) is 12.1 Å². The Bertz CT molecular complexity index is 543. The minimum Gasteiger partial charge on any atom is -0.491 e. The molecule has 0 radical (unpaired) electrons. The molecule has 0 fully saturated rings. The molecular weight excluding hydrogens is 244 g/mol. The van der Waals surface area contributed by atoms with Gasteiger partial charge in [-0.15, -0.1) is 0 Å². The van der Waals surface area contributed by atoms with Gasteiger partial charge < -0.3 is 14.8 Å². The molecule has 2 aromatic rings. The molecule has 0 aliphatic heterocycles. The molecule has 0 aliphatic carbocycles. The molecule has 0 aliphatic rings. The first-order valence-corrected chi connectivity index (χ1v) is 5.93. The average molecular weight is 260 g/mol. The van der Waals surface area contributed by atoms with Gasteiger partial charge in [0.15, 0.2) is 11.6 Å². The smallest absolute Gasteiger partial charge is 0.212 e. The summed E-state index contributed by atoms with van der Waals surface area (Å²) >= 11 is 0. The molecule has 0 spiro atoms. The van der Waals surface area contributed by atoms with Crippen molar-refractivity contribution < 1.29 is 9.47 Å². The Morgan fingerprint density at radius 3 is 2.53 bits per heavy atom.